The Bertz CT molecular complexity index is 956. The Labute approximate surface area is 193 Å². The van der Waals surface area contributed by atoms with Crippen LogP contribution in [0.25, 0.3) is 0 Å². The zero-order valence-corrected chi connectivity index (χ0v) is 19.1. The molecule has 2 amide bonds. The maximum Gasteiger partial charge on any atom is 0.306 e. The molecule has 176 valence electrons. The number of hydrogen-bond acceptors (Lipinski definition) is 7. The van der Waals surface area contributed by atoms with Gasteiger partial charge in [0.25, 0.3) is 5.91 Å². The molecule has 1 saturated heterocycles. The normalized spacial score (nSPS) is 13.4. The maximum absolute atomic E-state index is 12.6. The second-order valence-corrected chi connectivity index (χ2v) is 7.46. The highest BCUT2D eigenvalue weighted by Gasteiger charge is 2.22. The minimum absolute atomic E-state index is 0.0407. The Morgan fingerprint density at radius 2 is 1.73 bits per heavy atom. The third kappa shape index (κ3) is 6.68. The van der Waals surface area contributed by atoms with Crippen molar-refractivity contribution in [1.29, 1.82) is 0 Å². The topological polar surface area (TPSA) is 101 Å². The predicted octanol–water partition coefficient (Wildman–Crippen LogP) is 2.72. The molecule has 0 radical (unpaired) electrons. The van der Waals surface area contributed by atoms with E-state index in [4.69, 9.17) is 9.47 Å². The Kier molecular flexibility index (Phi) is 8.63. The number of nitrogens with zero attached hydrogens (tertiary/aromatic N) is 3. The molecule has 0 bridgehead atoms. The number of benzene rings is 1. The van der Waals surface area contributed by atoms with E-state index in [1.165, 1.54) is 0 Å². The Morgan fingerprint density at radius 1 is 0.970 bits per heavy atom. The summed E-state index contributed by atoms with van der Waals surface area (Å²) in [7, 11) is 0. The van der Waals surface area contributed by atoms with Crippen molar-refractivity contribution in [3.63, 3.8) is 0 Å². The van der Waals surface area contributed by atoms with Crippen molar-refractivity contribution < 1.29 is 23.9 Å². The number of carbonyl (C=O) groups excluding carboxylic acids is 3. The summed E-state index contributed by atoms with van der Waals surface area (Å²) < 4.78 is 10.4. The van der Waals surface area contributed by atoms with Crippen LogP contribution in [0.15, 0.2) is 42.6 Å². The molecule has 2 heterocycles. The predicted molar refractivity (Wildman–Crippen MR) is 124 cm³/mol. The van der Waals surface area contributed by atoms with Crippen molar-refractivity contribution in [3.05, 3.63) is 48.2 Å². The lowest BCUT2D eigenvalue weighted by Crippen LogP contribution is -2.49. The van der Waals surface area contributed by atoms with Gasteiger partial charge in [-0.15, -0.1) is 0 Å². The second-order valence-electron chi connectivity index (χ2n) is 7.46. The van der Waals surface area contributed by atoms with E-state index in [1.807, 2.05) is 19.1 Å². The molecule has 0 unspecified atom stereocenters. The molecule has 2 aromatic rings. The fourth-order valence-electron chi connectivity index (χ4n) is 3.57. The largest absolute Gasteiger partial charge is 0.493 e. The molecule has 1 N–H and O–H groups in total. The summed E-state index contributed by atoms with van der Waals surface area (Å²) in [5.41, 5.74) is 1.05. The monoisotopic (exact) mass is 454 g/mol. The lowest BCUT2D eigenvalue weighted by molar-refractivity contribution is -0.145. The van der Waals surface area contributed by atoms with E-state index >= 15 is 0 Å². The Morgan fingerprint density at radius 3 is 2.39 bits per heavy atom. The molecular formula is C24H30N4O5. The fourth-order valence-corrected chi connectivity index (χ4v) is 3.57. The molecule has 1 aromatic carbocycles. The van der Waals surface area contributed by atoms with Gasteiger partial charge in [0.1, 0.15) is 11.6 Å². The van der Waals surface area contributed by atoms with Gasteiger partial charge in [0, 0.05) is 32.6 Å². The number of carbonyl (C=O) groups is 3. The number of rotatable bonds is 9. The van der Waals surface area contributed by atoms with E-state index in [0.717, 1.165) is 5.82 Å². The summed E-state index contributed by atoms with van der Waals surface area (Å²) in [6.45, 7) is 6.83. The number of piperazine rings is 1. The Balaban J connectivity index is 1.50. The summed E-state index contributed by atoms with van der Waals surface area (Å²) in [6.07, 6.45) is 1.89. The molecule has 33 heavy (non-hydrogen) atoms. The van der Waals surface area contributed by atoms with E-state index in [-0.39, 0.29) is 30.6 Å². The lowest BCUT2D eigenvalue weighted by atomic mass is 10.2. The molecule has 0 spiro atoms. The number of para-hydroxylation sites is 1. The number of nitrogens with one attached hydrogen (secondary N) is 1. The smallest absolute Gasteiger partial charge is 0.306 e. The van der Waals surface area contributed by atoms with Crippen LogP contribution in [0.1, 0.15) is 37.0 Å². The van der Waals surface area contributed by atoms with Crippen molar-refractivity contribution in [2.24, 2.45) is 0 Å². The number of anilines is 2. The van der Waals surface area contributed by atoms with Gasteiger partial charge in [0.05, 0.1) is 37.1 Å². The first-order valence-corrected chi connectivity index (χ1v) is 11.2. The third-order valence-corrected chi connectivity index (χ3v) is 5.24. The Hall–Kier alpha value is -3.62. The summed E-state index contributed by atoms with van der Waals surface area (Å²) in [4.78, 5) is 44.7. The number of hydrogen-bond donors (Lipinski definition) is 1. The average molecular weight is 455 g/mol. The van der Waals surface area contributed by atoms with E-state index in [1.54, 1.807) is 42.3 Å². The zero-order chi connectivity index (χ0) is 23.6. The molecule has 1 aliphatic rings. The first-order valence-electron chi connectivity index (χ1n) is 11.2. The molecule has 9 nitrogen and oxygen atoms in total. The third-order valence-electron chi connectivity index (χ3n) is 5.24. The minimum Gasteiger partial charge on any atom is -0.493 e. The van der Waals surface area contributed by atoms with Gasteiger partial charge < -0.3 is 24.6 Å². The lowest BCUT2D eigenvalue weighted by Gasteiger charge is -2.35. The van der Waals surface area contributed by atoms with Gasteiger partial charge in [-0.2, -0.15) is 0 Å². The van der Waals surface area contributed by atoms with Gasteiger partial charge in [0.2, 0.25) is 5.91 Å². The molecular weight excluding hydrogens is 424 g/mol. The highest BCUT2D eigenvalue weighted by atomic mass is 16.5. The van der Waals surface area contributed by atoms with Crippen LogP contribution in [0.4, 0.5) is 11.5 Å². The maximum atomic E-state index is 12.6. The van der Waals surface area contributed by atoms with Crippen LogP contribution in [0, 0.1) is 0 Å². The molecule has 0 aliphatic carbocycles. The van der Waals surface area contributed by atoms with Crippen LogP contribution in [0.2, 0.25) is 0 Å². The fraction of sp³-hybridized carbons (Fsp3) is 0.417. The van der Waals surface area contributed by atoms with Crippen LogP contribution in [0.5, 0.6) is 5.75 Å². The van der Waals surface area contributed by atoms with Crippen molar-refractivity contribution in [2.75, 3.05) is 49.6 Å². The molecule has 1 aromatic heterocycles. The van der Waals surface area contributed by atoms with Crippen LogP contribution in [-0.2, 0) is 14.3 Å². The SMILES string of the molecule is CCOC(=O)CCC(=O)N1CCN(c2ccc(NC(=O)c3ccccc3OCC)cn2)CC1. The summed E-state index contributed by atoms with van der Waals surface area (Å²) >= 11 is 0. The van der Waals surface area contributed by atoms with E-state index in [2.05, 4.69) is 15.2 Å². The van der Waals surface area contributed by atoms with Gasteiger partial charge in [0.15, 0.2) is 0 Å². The standard InChI is InChI=1S/C24H30N4O5/c1-3-32-20-8-6-5-7-19(20)24(31)26-18-9-10-21(25-17-18)27-13-15-28(16-14-27)22(29)11-12-23(30)33-4-2/h5-10,17H,3-4,11-16H2,1-2H3,(H,26,31). The number of esters is 1. The molecule has 0 atom stereocenters. The second kappa shape index (κ2) is 11.8. The summed E-state index contributed by atoms with van der Waals surface area (Å²) in [5.74, 6) is 0.671. The van der Waals surface area contributed by atoms with Gasteiger partial charge in [-0.1, -0.05) is 12.1 Å². The number of aromatic nitrogens is 1. The average Bonchev–Trinajstić information content (AvgIpc) is 2.84. The van der Waals surface area contributed by atoms with Gasteiger partial charge in [-0.3, -0.25) is 14.4 Å². The van der Waals surface area contributed by atoms with Crippen LogP contribution < -0.4 is 15.0 Å². The summed E-state index contributed by atoms with van der Waals surface area (Å²) in [6, 6.07) is 10.8. The first kappa shape index (κ1) is 24.0. The van der Waals surface area contributed by atoms with E-state index in [0.29, 0.717) is 56.4 Å². The highest BCUT2D eigenvalue weighted by Crippen LogP contribution is 2.21. The summed E-state index contributed by atoms with van der Waals surface area (Å²) in [5, 5.41) is 2.85. The molecule has 1 aliphatic heterocycles. The number of amides is 2. The van der Waals surface area contributed by atoms with Crippen molar-refractivity contribution in [3.8, 4) is 5.75 Å². The van der Waals surface area contributed by atoms with Crippen LogP contribution in [-0.4, -0.2) is 67.1 Å². The number of pyridine rings is 1. The molecule has 1 fully saturated rings. The molecule has 3 rings (SSSR count). The van der Waals surface area contributed by atoms with Gasteiger partial charge >= 0.3 is 5.97 Å². The first-order chi connectivity index (χ1) is 16.0. The highest BCUT2D eigenvalue weighted by molar-refractivity contribution is 6.06. The zero-order valence-electron chi connectivity index (χ0n) is 19.1. The van der Waals surface area contributed by atoms with Crippen molar-refractivity contribution in [1.82, 2.24) is 9.88 Å². The van der Waals surface area contributed by atoms with Gasteiger partial charge in [-0.25, -0.2) is 4.98 Å². The minimum atomic E-state index is -0.345. The van der Waals surface area contributed by atoms with E-state index in [9.17, 15) is 14.4 Å². The van der Waals surface area contributed by atoms with E-state index < -0.39 is 0 Å². The van der Waals surface area contributed by atoms with Crippen molar-refractivity contribution >= 4 is 29.3 Å². The molecule has 9 heteroatoms. The number of ether oxygens (including phenoxy) is 2. The molecule has 0 saturated carbocycles. The van der Waals surface area contributed by atoms with Crippen molar-refractivity contribution in [2.45, 2.75) is 26.7 Å². The van der Waals surface area contributed by atoms with Crippen LogP contribution in [0.3, 0.4) is 0 Å². The quantitative estimate of drug-likeness (QED) is 0.582. The van der Waals surface area contributed by atoms with Gasteiger partial charge in [-0.05, 0) is 38.1 Å². The van der Waals surface area contributed by atoms with Crippen LogP contribution >= 0.6 is 0 Å².